The van der Waals surface area contributed by atoms with Crippen LogP contribution in [0, 0.1) is 6.92 Å². The fourth-order valence-electron chi connectivity index (χ4n) is 1.78. The molecule has 0 saturated heterocycles. The molecular weight excluding hydrogens is 264 g/mol. The van der Waals surface area contributed by atoms with Gasteiger partial charge in [-0.1, -0.05) is 0 Å². The second-order valence-electron chi connectivity index (χ2n) is 4.22. The standard InChI is InChI=1S/C12H16N4O2S/c1-10-8-11(13)2-3-12(10)19(17,18)15-5-7-16-6-4-14-9-16/h2-4,6,8-9,15H,5,7,13H2,1H3. The van der Waals surface area contributed by atoms with Crippen molar-refractivity contribution in [3.05, 3.63) is 42.5 Å². The summed E-state index contributed by atoms with van der Waals surface area (Å²) in [5.74, 6) is 0. The maximum absolute atomic E-state index is 12.1. The second kappa shape index (κ2) is 5.41. The van der Waals surface area contributed by atoms with E-state index in [-0.39, 0.29) is 4.90 Å². The van der Waals surface area contributed by atoms with Gasteiger partial charge in [0.25, 0.3) is 0 Å². The summed E-state index contributed by atoms with van der Waals surface area (Å²) in [6.45, 7) is 2.57. The zero-order valence-corrected chi connectivity index (χ0v) is 11.4. The molecule has 7 heteroatoms. The number of benzene rings is 1. The van der Waals surface area contributed by atoms with E-state index < -0.39 is 10.0 Å². The van der Waals surface area contributed by atoms with Crippen LogP contribution in [0.5, 0.6) is 0 Å². The monoisotopic (exact) mass is 280 g/mol. The molecule has 1 heterocycles. The van der Waals surface area contributed by atoms with Gasteiger partial charge in [0.2, 0.25) is 10.0 Å². The number of aryl methyl sites for hydroxylation is 1. The molecule has 3 N–H and O–H groups in total. The van der Waals surface area contributed by atoms with E-state index in [1.165, 1.54) is 6.07 Å². The molecule has 1 aromatic carbocycles. The first kappa shape index (κ1) is 13.6. The number of hydrogen-bond acceptors (Lipinski definition) is 4. The number of nitrogens with zero attached hydrogens (tertiary/aromatic N) is 2. The van der Waals surface area contributed by atoms with Crippen molar-refractivity contribution in [1.29, 1.82) is 0 Å². The molecule has 0 radical (unpaired) electrons. The molecule has 0 bridgehead atoms. The Morgan fingerprint density at radius 3 is 2.84 bits per heavy atom. The molecule has 1 aromatic heterocycles. The van der Waals surface area contributed by atoms with E-state index in [4.69, 9.17) is 5.73 Å². The zero-order chi connectivity index (χ0) is 13.9. The summed E-state index contributed by atoms with van der Waals surface area (Å²) in [6, 6.07) is 4.74. The Bertz CT molecular complexity index is 650. The van der Waals surface area contributed by atoms with Gasteiger partial charge in [0.15, 0.2) is 0 Å². The van der Waals surface area contributed by atoms with Crippen LogP contribution in [0.2, 0.25) is 0 Å². The largest absolute Gasteiger partial charge is 0.399 e. The predicted octanol–water partition coefficient (Wildman–Crippen LogP) is 0.752. The molecule has 0 fully saturated rings. The second-order valence-corrected chi connectivity index (χ2v) is 5.96. The highest BCUT2D eigenvalue weighted by atomic mass is 32.2. The number of sulfonamides is 1. The molecule has 0 unspecified atom stereocenters. The molecule has 0 aliphatic heterocycles. The van der Waals surface area contributed by atoms with Crippen LogP contribution in [0.25, 0.3) is 0 Å². The number of anilines is 1. The van der Waals surface area contributed by atoms with Gasteiger partial charge >= 0.3 is 0 Å². The number of aromatic nitrogens is 2. The lowest BCUT2D eigenvalue weighted by Crippen LogP contribution is -2.27. The lowest BCUT2D eigenvalue weighted by Gasteiger charge is -2.10. The first-order valence-corrected chi connectivity index (χ1v) is 7.29. The lowest BCUT2D eigenvalue weighted by molar-refractivity contribution is 0.572. The summed E-state index contributed by atoms with van der Waals surface area (Å²) in [7, 11) is -3.50. The summed E-state index contributed by atoms with van der Waals surface area (Å²) >= 11 is 0. The summed E-state index contributed by atoms with van der Waals surface area (Å²) in [6.07, 6.45) is 5.07. The molecule has 0 aliphatic carbocycles. The van der Waals surface area contributed by atoms with E-state index in [9.17, 15) is 8.42 Å². The Morgan fingerprint density at radius 1 is 1.42 bits per heavy atom. The minimum Gasteiger partial charge on any atom is -0.399 e. The van der Waals surface area contributed by atoms with E-state index in [0.717, 1.165) is 0 Å². The molecule has 0 amide bonds. The number of nitrogen functional groups attached to an aromatic ring is 1. The Labute approximate surface area is 112 Å². The average Bonchev–Trinajstić information content (AvgIpc) is 2.81. The Hall–Kier alpha value is -1.86. The molecule has 6 nitrogen and oxygen atoms in total. The van der Waals surface area contributed by atoms with Crippen LogP contribution >= 0.6 is 0 Å². The first-order chi connectivity index (χ1) is 8.99. The van der Waals surface area contributed by atoms with Gasteiger partial charge in [-0.3, -0.25) is 0 Å². The minimum absolute atomic E-state index is 0.257. The van der Waals surface area contributed by atoms with Crippen LogP contribution in [0.15, 0.2) is 41.8 Å². The number of rotatable bonds is 5. The Morgan fingerprint density at radius 2 is 2.21 bits per heavy atom. The highest BCUT2D eigenvalue weighted by Crippen LogP contribution is 2.17. The smallest absolute Gasteiger partial charge is 0.240 e. The Kier molecular flexibility index (Phi) is 3.87. The van der Waals surface area contributed by atoms with E-state index in [0.29, 0.717) is 24.3 Å². The third kappa shape index (κ3) is 3.33. The number of imidazole rings is 1. The van der Waals surface area contributed by atoms with Crippen LogP contribution in [-0.4, -0.2) is 24.5 Å². The molecule has 102 valence electrons. The van der Waals surface area contributed by atoms with Crippen molar-refractivity contribution in [1.82, 2.24) is 14.3 Å². The van der Waals surface area contributed by atoms with Crippen molar-refractivity contribution >= 4 is 15.7 Å². The summed E-state index contributed by atoms with van der Waals surface area (Å²) in [5, 5.41) is 0. The summed E-state index contributed by atoms with van der Waals surface area (Å²) < 4.78 is 28.6. The van der Waals surface area contributed by atoms with E-state index in [2.05, 4.69) is 9.71 Å². The molecule has 19 heavy (non-hydrogen) atoms. The minimum atomic E-state index is -3.50. The van der Waals surface area contributed by atoms with Crippen LogP contribution in [-0.2, 0) is 16.6 Å². The molecule has 2 aromatic rings. The van der Waals surface area contributed by atoms with Gasteiger partial charge in [0.1, 0.15) is 0 Å². The molecule has 0 atom stereocenters. The van der Waals surface area contributed by atoms with Gasteiger partial charge in [0.05, 0.1) is 11.2 Å². The number of nitrogens with one attached hydrogen (secondary N) is 1. The van der Waals surface area contributed by atoms with Gasteiger partial charge < -0.3 is 10.3 Å². The van der Waals surface area contributed by atoms with Crippen molar-refractivity contribution < 1.29 is 8.42 Å². The van der Waals surface area contributed by atoms with Crippen LogP contribution in [0.3, 0.4) is 0 Å². The SMILES string of the molecule is Cc1cc(N)ccc1S(=O)(=O)NCCn1ccnc1. The van der Waals surface area contributed by atoms with Gasteiger partial charge in [-0.15, -0.1) is 0 Å². The zero-order valence-electron chi connectivity index (χ0n) is 10.6. The number of nitrogens with two attached hydrogens (primary N) is 1. The molecule has 0 saturated carbocycles. The fourth-order valence-corrected chi connectivity index (χ4v) is 3.03. The van der Waals surface area contributed by atoms with E-state index >= 15 is 0 Å². The van der Waals surface area contributed by atoms with Crippen molar-refractivity contribution in [3.8, 4) is 0 Å². The quantitative estimate of drug-likeness (QED) is 0.791. The van der Waals surface area contributed by atoms with E-state index in [1.54, 1.807) is 42.3 Å². The third-order valence-corrected chi connectivity index (χ3v) is 4.33. The summed E-state index contributed by atoms with van der Waals surface area (Å²) in [4.78, 5) is 4.15. The van der Waals surface area contributed by atoms with Crippen molar-refractivity contribution in [2.45, 2.75) is 18.4 Å². The summed E-state index contributed by atoms with van der Waals surface area (Å²) in [5.41, 5.74) is 6.79. The molecule has 0 aliphatic rings. The van der Waals surface area contributed by atoms with Crippen LogP contribution in [0.4, 0.5) is 5.69 Å². The maximum atomic E-state index is 12.1. The predicted molar refractivity (Wildman–Crippen MR) is 73.0 cm³/mol. The van der Waals surface area contributed by atoms with Crippen molar-refractivity contribution in [2.75, 3.05) is 12.3 Å². The van der Waals surface area contributed by atoms with Gasteiger partial charge in [-0.25, -0.2) is 18.1 Å². The van der Waals surface area contributed by atoms with Gasteiger partial charge in [0, 0.05) is 31.2 Å². The molecule has 0 spiro atoms. The van der Waals surface area contributed by atoms with Gasteiger partial charge in [-0.05, 0) is 30.7 Å². The highest BCUT2D eigenvalue weighted by Gasteiger charge is 2.15. The number of hydrogen-bond donors (Lipinski definition) is 2. The topological polar surface area (TPSA) is 90.0 Å². The van der Waals surface area contributed by atoms with E-state index in [1.807, 2.05) is 0 Å². The maximum Gasteiger partial charge on any atom is 0.240 e. The molecular formula is C12H16N4O2S. The lowest BCUT2D eigenvalue weighted by atomic mass is 10.2. The normalized spacial score (nSPS) is 11.6. The van der Waals surface area contributed by atoms with Crippen LogP contribution < -0.4 is 10.5 Å². The van der Waals surface area contributed by atoms with Gasteiger partial charge in [-0.2, -0.15) is 0 Å². The van der Waals surface area contributed by atoms with Crippen molar-refractivity contribution in [3.63, 3.8) is 0 Å². The molecule has 2 rings (SSSR count). The highest BCUT2D eigenvalue weighted by molar-refractivity contribution is 7.89. The fraction of sp³-hybridized carbons (Fsp3) is 0.250. The van der Waals surface area contributed by atoms with Crippen LogP contribution in [0.1, 0.15) is 5.56 Å². The third-order valence-electron chi connectivity index (χ3n) is 2.71. The Balaban J connectivity index is 2.05. The first-order valence-electron chi connectivity index (χ1n) is 5.80. The van der Waals surface area contributed by atoms with Crippen molar-refractivity contribution in [2.24, 2.45) is 0 Å². The average molecular weight is 280 g/mol.